The number of para-hydroxylation sites is 1. The minimum Gasteiger partial charge on any atom is -0.493 e. The summed E-state index contributed by atoms with van der Waals surface area (Å²) in [7, 11) is 1.62. The monoisotopic (exact) mass is 220 g/mol. The molecule has 0 amide bonds. The average Bonchev–Trinajstić information content (AvgIpc) is 2.35. The molecule has 1 aromatic carbocycles. The molecule has 1 heterocycles. The van der Waals surface area contributed by atoms with Crippen LogP contribution in [-0.2, 0) is 9.53 Å². The van der Waals surface area contributed by atoms with E-state index < -0.39 is 0 Å². The van der Waals surface area contributed by atoms with E-state index in [1.807, 2.05) is 24.3 Å². The topological polar surface area (TPSA) is 35.5 Å². The Bertz CT molecular complexity index is 373. The Balaban J connectivity index is 2.15. The van der Waals surface area contributed by atoms with Crippen molar-refractivity contribution in [2.24, 2.45) is 0 Å². The molecule has 0 bridgehead atoms. The predicted molar refractivity (Wildman–Crippen MR) is 60.8 cm³/mol. The van der Waals surface area contributed by atoms with Crippen molar-refractivity contribution >= 4 is 5.78 Å². The summed E-state index contributed by atoms with van der Waals surface area (Å²) in [6.07, 6.45) is 1.26. The third kappa shape index (κ3) is 2.25. The molecule has 0 radical (unpaired) electrons. The molecule has 0 N–H and O–H groups in total. The molecule has 1 unspecified atom stereocenters. The van der Waals surface area contributed by atoms with Crippen LogP contribution in [0, 0.1) is 0 Å². The zero-order valence-corrected chi connectivity index (χ0v) is 9.44. The smallest absolute Gasteiger partial charge is 0.142 e. The molecular formula is C13H16O3. The van der Waals surface area contributed by atoms with E-state index in [0.717, 1.165) is 17.7 Å². The lowest BCUT2D eigenvalue weighted by molar-refractivity contribution is -0.122. The highest BCUT2D eigenvalue weighted by molar-refractivity contribution is 5.86. The maximum absolute atomic E-state index is 12.0. The van der Waals surface area contributed by atoms with E-state index in [1.54, 1.807) is 7.11 Å². The minimum absolute atomic E-state index is 0.0138. The lowest BCUT2D eigenvalue weighted by atomic mass is 9.88. The van der Waals surface area contributed by atoms with Crippen LogP contribution in [0.4, 0.5) is 0 Å². The number of carbonyl (C=O) groups is 1. The molecule has 16 heavy (non-hydrogen) atoms. The highest BCUT2D eigenvalue weighted by Gasteiger charge is 2.26. The molecule has 1 atom stereocenters. The predicted octanol–water partition coefficient (Wildman–Crippen LogP) is 2.16. The van der Waals surface area contributed by atoms with Gasteiger partial charge in [-0.15, -0.1) is 0 Å². The molecule has 1 aliphatic rings. The van der Waals surface area contributed by atoms with E-state index in [2.05, 4.69) is 0 Å². The van der Waals surface area contributed by atoms with Gasteiger partial charge in [-0.1, -0.05) is 18.2 Å². The van der Waals surface area contributed by atoms with Gasteiger partial charge >= 0.3 is 0 Å². The molecular weight excluding hydrogens is 204 g/mol. The second-order valence-corrected chi connectivity index (χ2v) is 3.94. The SMILES string of the molecule is COCCC(=O)C1CCOc2ccccc21. The number of Topliss-reactive ketones (excluding diaryl/α,β-unsaturated/α-hetero) is 1. The van der Waals surface area contributed by atoms with Crippen LogP contribution in [0.25, 0.3) is 0 Å². The first-order valence-electron chi connectivity index (χ1n) is 5.56. The van der Waals surface area contributed by atoms with Crippen LogP contribution >= 0.6 is 0 Å². The van der Waals surface area contributed by atoms with E-state index in [-0.39, 0.29) is 11.7 Å². The van der Waals surface area contributed by atoms with Crippen LogP contribution in [0.15, 0.2) is 24.3 Å². The number of hydrogen-bond donors (Lipinski definition) is 0. The summed E-state index contributed by atoms with van der Waals surface area (Å²) in [6, 6.07) is 7.78. The second-order valence-electron chi connectivity index (χ2n) is 3.94. The number of ether oxygens (including phenoxy) is 2. The van der Waals surface area contributed by atoms with Crippen LogP contribution < -0.4 is 4.74 Å². The summed E-state index contributed by atoms with van der Waals surface area (Å²) in [4.78, 5) is 12.0. The molecule has 2 rings (SSSR count). The quantitative estimate of drug-likeness (QED) is 0.780. The second kappa shape index (κ2) is 5.12. The minimum atomic E-state index is -0.0138. The van der Waals surface area contributed by atoms with Gasteiger partial charge in [-0.3, -0.25) is 4.79 Å². The Hall–Kier alpha value is -1.35. The van der Waals surface area contributed by atoms with Gasteiger partial charge in [-0.05, 0) is 12.5 Å². The lowest BCUT2D eigenvalue weighted by Crippen LogP contribution is -2.22. The first-order valence-corrected chi connectivity index (χ1v) is 5.56. The molecule has 0 saturated heterocycles. The van der Waals surface area contributed by atoms with Gasteiger partial charge in [-0.2, -0.15) is 0 Å². The largest absolute Gasteiger partial charge is 0.493 e. The van der Waals surface area contributed by atoms with Crippen molar-refractivity contribution in [2.45, 2.75) is 18.8 Å². The summed E-state index contributed by atoms with van der Waals surface area (Å²) in [5, 5.41) is 0. The summed E-state index contributed by atoms with van der Waals surface area (Å²) in [5.74, 6) is 1.09. The Morgan fingerprint density at radius 1 is 1.50 bits per heavy atom. The van der Waals surface area contributed by atoms with E-state index in [0.29, 0.717) is 19.6 Å². The standard InChI is InChI=1S/C13H16O3/c1-15-8-7-12(14)10-6-9-16-13-5-3-2-4-11(10)13/h2-5,10H,6-9H2,1H3. The third-order valence-corrected chi connectivity index (χ3v) is 2.90. The first kappa shape index (κ1) is 11.1. The van der Waals surface area contributed by atoms with Gasteiger partial charge in [-0.25, -0.2) is 0 Å². The van der Waals surface area contributed by atoms with Crippen molar-refractivity contribution in [2.75, 3.05) is 20.3 Å². The molecule has 0 saturated carbocycles. The Labute approximate surface area is 95.4 Å². The Kier molecular flexibility index (Phi) is 3.57. The number of fused-ring (bicyclic) bond motifs is 1. The maximum Gasteiger partial charge on any atom is 0.142 e. The van der Waals surface area contributed by atoms with Crippen molar-refractivity contribution in [3.63, 3.8) is 0 Å². The van der Waals surface area contributed by atoms with Crippen LogP contribution in [0.2, 0.25) is 0 Å². The van der Waals surface area contributed by atoms with E-state index >= 15 is 0 Å². The van der Waals surface area contributed by atoms with Crippen molar-refractivity contribution in [1.82, 2.24) is 0 Å². The molecule has 0 aromatic heterocycles. The summed E-state index contributed by atoms with van der Waals surface area (Å²) in [6.45, 7) is 1.12. The molecule has 0 aliphatic carbocycles. The molecule has 0 fully saturated rings. The van der Waals surface area contributed by atoms with Gasteiger partial charge in [0.1, 0.15) is 11.5 Å². The van der Waals surface area contributed by atoms with Crippen molar-refractivity contribution in [3.05, 3.63) is 29.8 Å². The van der Waals surface area contributed by atoms with Crippen molar-refractivity contribution in [3.8, 4) is 5.75 Å². The fourth-order valence-corrected chi connectivity index (χ4v) is 2.05. The van der Waals surface area contributed by atoms with Crippen LogP contribution in [-0.4, -0.2) is 26.1 Å². The van der Waals surface area contributed by atoms with Gasteiger partial charge in [0.25, 0.3) is 0 Å². The zero-order chi connectivity index (χ0) is 11.4. The van der Waals surface area contributed by atoms with Gasteiger partial charge < -0.3 is 9.47 Å². The average molecular weight is 220 g/mol. The van der Waals surface area contributed by atoms with Crippen LogP contribution in [0.1, 0.15) is 24.3 Å². The lowest BCUT2D eigenvalue weighted by Gasteiger charge is -2.24. The van der Waals surface area contributed by atoms with Crippen molar-refractivity contribution < 1.29 is 14.3 Å². The first-order chi connectivity index (χ1) is 7.83. The maximum atomic E-state index is 12.0. The van der Waals surface area contributed by atoms with Crippen LogP contribution in [0.5, 0.6) is 5.75 Å². The number of ketones is 1. The summed E-state index contributed by atoms with van der Waals surface area (Å²) < 4.78 is 10.5. The molecule has 3 heteroatoms. The zero-order valence-electron chi connectivity index (χ0n) is 9.44. The Morgan fingerprint density at radius 2 is 2.31 bits per heavy atom. The molecule has 3 nitrogen and oxygen atoms in total. The molecule has 0 spiro atoms. The molecule has 1 aromatic rings. The number of benzene rings is 1. The van der Waals surface area contributed by atoms with Gasteiger partial charge in [0.15, 0.2) is 0 Å². The van der Waals surface area contributed by atoms with Crippen molar-refractivity contribution in [1.29, 1.82) is 0 Å². The molecule has 86 valence electrons. The number of carbonyl (C=O) groups excluding carboxylic acids is 1. The highest BCUT2D eigenvalue weighted by Crippen LogP contribution is 2.34. The normalized spacial score (nSPS) is 18.7. The highest BCUT2D eigenvalue weighted by atomic mass is 16.5. The fourth-order valence-electron chi connectivity index (χ4n) is 2.05. The molecule has 1 aliphatic heterocycles. The third-order valence-electron chi connectivity index (χ3n) is 2.90. The van der Waals surface area contributed by atoms with Gasteiger partial charge in [0.05, 0.1) is 13.2 Å². The van der Waals surface area contributed by atoms with E-state index in [1.165, 1.54) is 0 Å². The number of rotatable bonds is 4. The van der Waals surface area contributed by atoms with E-state index in [4.69, 9.17) is 9.47 Å². The number of hydrogen-bond acceptors (Lipinski definition) is 3. The van der Waals surface area contributed by atoms with E-state index in [9.17, 15) is 4.79 Å². The summed E-state index contributed by atoms with van der Waals surface area (Å²) >= 11 is 0. The fraction of sp³-hybridized carbons (Fsp3) is 0.462. The summed E-state index contributed by atoms with van der Waals surface area (Å²) in [5.41, 5.74) is 1.02. The number of methoxy groups -OCH3 is 1. The van der Waals surface area contributed by atoms with Gasteiger partial charge in [0, 0.05) is 25.0 Å². The van der Waals surface area contributed by atoms with Gasteiger partial charge in [0.2, 0.25) is 0 Å². The van der Waals surface area contributed by atoms with Crippen LogP contribution in [0.3, 0.4) is 0 Å². The Morgan fingerprint density at radius 3 is 3.12 bits per heavy atom.